The van der Waals surface area contributed by atoms with Gasteiger partial charge in [0.1, 0.15) is 11.4 Å². The predicted molar refractivity (Wildman–Crippen MR) is 111 cm³/mol. The maximum Gasteiger partial charge on any atom is 0.103 e. The van der Waals surface area contributed by atoms with Crippen molar-refractivity contribution in [3.05, 3.63) is 104 Å². The maximum absolute atomic E-state index is 10.3. The van der Waals surface area contributed by atoms with Crippen LogP contribution in [-0.4, -0.2) is 15.4 Å². The van der Waals surface area contributed by atoms with Crippen molar-refractivity contribution in [2.24, 2.45) is 10.4 Å². The van der Waals surface area contributed by atoms with E-state index in [9.17, 15) is 14.6 Å². The predicted octanol–water partition coefficient (Wildman–Crippen LogP) is 3.81. The van der Waals surface area contributed by atoms with E-state index in [-0.39, 0.29) is 33.6 Å². The number of para-hydroxylation sites is 1. The summed E-state index contributed by atoms with van der Waals surface area (Å²) in [6.07, 6.45) is 3.50. The number of nitrogens with one attached hydrogen (secondary N) is 2. The number of rotatable bonds is 4. The van der Waals surface area contributed by atoms with Crippen molar-refractivity contribution in [1.29, 1.82) is 0 Å². The second-order valence-corrected chi connectivity index (χ2v) is 5.16. The minimum absolute atomic E-state index is 0. The zero-order chi connectivity index (χ0) is 22.5. The van der Waals surface area contributed by atoms with E-state index in [0.29, 0.717) is 11.4 Å². The largest absolute Gasteiger partial charge is 0.319 e. The summed E-state index contributed by atoms with van der Waals surface area (Å²) in [7, 11) is 0. The van der Waals surface area contributed by atoms with Gasteiger partial charge in [-0.2, -0.15) is 18.2 Å². The zero-order valence-corrected chi connectivity index (χ0v) is 18.1. The van der Waals surface area contributed by atoms with E-state index in [1.165, 1.54) is 26.0 Å². The van der Waals surface area contributed by atoms with Crippen molar-refractivity contribution < 1.29 is 27.2 Å². The molecule has 11 heteroatoms. The van der Waals surface area contributed by atoms with Crippen molar-refractivity contribution >= 4 is 0 Å². The van der Waals surface area contributed by atoms with E-state index in [1.807, 2.05) is 24.3 Å². The summed E-state index contributed by atoms with van der Waals surface area (Å²) in [4.78, 5) is 33.3. The molecule has 0 amide bonds. The van der Waals surface area contributed by atoms with Gasteiger partial charge in [0.15, 0.2) is 0 Å². The maximum atomic E-state index is 10.3. The molecule has 0 saturated heterocycles. The number of nitrogens with zero attached hydrogens (tertiary/aromatic N) is 3. The quantitative estimate of drug-likeness (QED) is 0.303. The molecule has 1 aromatic heterocycles. The van der Waals surface area contributed by atoms with Crippen LogP contribution in [0.15, 0.2) is 98.9 Å². The third kappa shape index (κ3) is 19.6. The van der Waals surface area contributed by atoms with Crippen molar-refractivity contribution in [2.45, 2.75) is 27.7 Å². The van der Waals surface area contributed by atoms with Crippen LogP contribution in [0.2, 0.25) is 0 Å². The van der Waals surface area contributed by atoms with Crippen molar-refractivity contribution in [3.63, 3.8) is 0 Å². The van der Waals surface area contributed by atoms with E-state index in [0.717, 1.165) is 0 Å². The molecule has 4 N–H and O–H groups in total. The van der Waals surface area contributed by atoms with Gasteiger partial charge in [-0.05, 0) is 50.2 Å². The monoisotopic (exact) mass is 463 g/mol. The fourth-order valence-electron chi connectivity index (χ4n) is 1.03. The van der Waals surface area contributed by atoms with Gasteiger partial charge in [0.05, 0.1) is 16.8 Å². The number of allylic oxidation sites excluding steroid dienone is 4. The Labute approximate surface area is 185 Å². The second kappa shape index (κ2) is 22.2. The van der Waals surface area contributed by atoms with Crippen LogP contribution in [0.5, 0.6) is 0 Å². The standard InChI is InChI=1S/C6H5O.C5H5N.2C4H8N2O2.Co/c7-6-4-2-1-3-5-6;1-2-4-6-5-3-1;2*1-3(5-7)4(2)6-8;/h1-5H;1-5H;2*5,7H,1-2H3;/q-1;;;;/b;;2*4-3-;. The first-order chi connectivity index (χ1) is 13.8. The van der Waals surface area contributed by atoms with Gasteiger partial charge in [-0.1, -0.05) is 6.07 Å². The summed E-state index contributed by atoms with van der Waals surface area (Å²) in [5.74, 6) is 0. The Bertz CT molecular complexity index is 736. The normalized spacial score (nSPS) is 10.2. The van der Waals surface area contributed by atoms with E-state index >= 15 is 0 Å². The first kappa shape index (κ1) is 31.6. The number of aromatic nitrogens is 1. The molecule has 2 aromatic rings. The molecule has 0 saturated carbocycles. The number of hydrogen-bond donors (Lipinski definition) is 4. The van der Waals surface area contributed by atoms with Crippen molar-refractivity contribution in [3.8, 4) is 0 Å². The molecule has 0 unspecified atom stereocenters. The molecule has 1 heterocycles. The molecule has 0 bridgehead atoms. The number of nitroso groups, excluding NO2 is 2. The van der Waals surface area contributed by atoms with E-state index in [4.69, 9.17) is 10.4 Å². The van der Waals surface area contributed by atoms with Gasteiger partial charge in [-0.3, -0.25) is 26.4 Å². The number of benzene rings is 1. The fraction of sp³-hybridized carbons (Fsp3) is 0.211. The molecule has 1 aromatic carbocycles. The Morgan fingerprint density at radius 2 is 1.27 bits per heavy atom. The Morgan fingerprint density at radius 1 is 0.867 bits per heavy atom. The van der Waals surface area contributed by atoms with Gasteiger partial charge >= 0.3 is 0 Å². The topological polar surface area (TPSA) is 153 Å². The van der Waals surface area contributed by atoms with Crippen LogP contribution in [0.4, 0.5) is 0 Å². The third-order valence-electron chi connectivity index (χ3n) is 3.00. The summed E-state index contributed by atoms with van der Waals surface area (Å²) >= 11 is 0. The Balaban J connectivity index is -0.000000321. The van der Waals surface area contributed by atoms with Gasteiger partial charge in [-0.25, -0.2) is 0 Å². The Hall–Kier alpha value is -3.12. The van der Waals surface area contributed by atoms with Gasteiger partial charge in [0.25, 0.3) is 0 Å². The zero-order valence-electron chi connectivity index (χ0n) is 17.1. The molecular formula is C19H26CoN5O5-. The molecule has 0 fully saturated rings. The van der Waals surface area contributed by atoms with Crippen LogP contribution in [0.25, 0.3) is 0 Å². The second-order valence-electron chi connectivity index (χ2n) is 5.16. The SMILES string of the molecule is C/C(N=O)=C(\C)NO.C/C(N=O)=C(\C)NO.O=c1cc[cH-]cc1.[Co].c1ccncc1. The number of pyridine rings is 1. The first-order valence-corrected chi connectivity index (χ1v) is 8.22. The average molecular weight is 463 g/mol. The minimum Gasteiger partial charge on any atom is -0.319 e. The van der Waals surface area contributed by atoms with Crippen LogP contribution >= 0.6 is 0 Å². The van der Waals surface area contributed by atoms with Gasteiger partial charge < -0.3 is 4.79 Å². The summed E-state index contributed by atoms with van der Waals surface area (Å²) < 4.78 is 0. The summed E-state index contributed by atoms with van der Waals surface area (Å²) in [5.41, 5.74) is 4.94. The number of hydroxylamine groups is 2. The van der Waals surface area contributed by atoms with Crippen molar-refractivity contribution in [1.82, 2.24) is 15.9 Å². The average Bonchev–Trinajstić information content (AvgIpc) is 2.79. The molecule has 0 atom stereocenters. The minimum atomic E-state index is 0. The van der Waals surface area contributed by atoms with Crippen LogP contribution in [-0.2, 0) is 16.8 Å². The summed E-state index contributed by atoms with van der Waals surface area (Å²) in [6, 6.07) is 14.0. The molecule has 0 spiro atoms. The summed E-state index contributed by atoms with van der Waals surface area (Å²) in [6.45, 7) is 6.12. The smallest absolute Gasteiger partial charge is 0.103 e. The van der Waals surface area contributed by atoms with E-state index in [2.05, 4.69) is 15.3 Å². The first-order valence-electron chi connectivity index (χ1n) is 8.22. The number of hydrogen-bond acceptors (Lipinski definition) is 10. The molecule has 1 radical (unpaired) electrons. The summed E-state index contributed by atoms with van der Waals surface area (Å²) in [5, 5.41) is 21.4. The third-order valence-corrected chi connectivity index (χ3v) is 3.00. The van der Waals surface area contributed by atoms with Gasteiger partial charge in [0, 0.05) is 29.2 Å². The fourth-order valence-corrected chi connectivity index (χ4v) is 1.03. The van der Waals surface area contributed by atoms with Crippen LogP contribution in [0.3, 0.4) is 0 Å². The molecule has 0 aliphatic rings. The molecular weight excluding hydrogens is 437 g/mol. The van der Waals surface area contributed by atoms with Crippen LogP contribution in [0, 0.1) is 9.81 Å². The van der Waals surface area contributed by atoms with Gasteiger partial charge in [-0.15, -0.1) is 21.9 Å². The van der Waals surface area contributed by atoms with Crippen molar-refractivity contribution in [2.75, 3.05) is 0 Å². The molecule has 2 rings (SSSR count). The Kier molecular flexibility index (Phi) is 23.3. The molecule has 0 aliphatic heterocycles. The molecule has 167 valence electrons. The molecule has 30 heavy (non-hydrogen) atoms. The van der Waals surface area contributed by atoms with Crippen LogP contribution in [0.1, 0.15) is 27.7 Å². The molecule has 0 aliphatic carbocycles. The Morgan fingerprint density at radius 3 is 1.40 bits per heavy atom. The van der Waals surface area contributed by atoms with E-state index < -0.39 is 0 Å². The molecule has 10 nitrogen and oxygen atoms in total. The van der Waals surface area contributed by atoms with E-state index in [1.54, 1.807) is 49.3 Å². The van der Waals surface area contributed by atoms with Gasteiger partial charge in [0.2, 0.25) is 0 Å². The van der Waals surface area contributed by atoms with Crippen LogP contribution < -0.4 is 16.4 Å².